The molecule has 1 nitrogen and oxygen atoms in total. The third kappa shape index (κ3) is 2.51. The van der Waals surface area contributed by atoms with Crippen molar-refractivity contribution in [1.82, 2.24) is 0 Å². The van der Waals surface area contributed by atoms with Gasteiger partial charge < -0.3 is 5.11 Å². The van der Waals surface area contributed by atoms with Gasteiger partial charge in [-0.2, -0.15) is 0 Å². The average Bonchev–Trinajstić information content (AvgIpc) is 3.25. The van der Waals surface area contributed by atoms with E-state index in [-0.39, 0.29) is 5.56 Å². The predicted molar refractivity (Wildman–Crippen MR) is 68.8 cm³/mol. The van der Waals surface area contributed by atoms with Gasteiger partial charge >= 0.3 is 0 Å². The smallest absolute Gasteiger partial charge is 0.129 e. The van der Waals surface area contributed by atoms with E-state index in [1.165, 1.54) is 0 Å². The first-order valence-electron chi connectivity index (χ1n) is 6.38. The van der Waals surface area contributed by atoms with Gasteiger partial charge in [0.2, 0.25) is 0 Å². The molecule has 0 aliphatic heterocycles. The molecule has 0 bridgehead atoms. The van der Waals surface area contributed by atoms with Crippen molar-refractivity contribution >= 4 is 0 Å². The molecule has 3 rings (SSSR count). The largest absolute Gasteiger partial charge is 0.384 e. The van der Waals surface area contributed by atoms with E-state index in [9.17, 15) is 13.9 Å². The Morgan fingerprint density at radius 2 is 1.84 bits per heavy atom. The fourth-order valence-corrected chi connectivity index (χ4v) is 2.30. The Hall–Kier alpha value is -1.74. The van der Waals surface area contributed by atoms with Crippen molar-refractivity contribution in [3.63, 3.8) is 0 Å². The van der Waals surface area contributed by atoms with Crippen LogP contribution in [0.5, 0.6) is 0 Å². The molecule has 0 spiro atoms. The van der Waals surface area contributed by atoms with Crippen molar-refractivity contribution in [3.8, 4) is 0 Å². The van der Waals surface area contributed by atoms with Crippen LogP contribution in [0.25, 0.3) is 0 Å². The van der Waals surface area contributed by atoms with Gasteiger partial charge in [-0.15, -0.1) is 0 Å². The minimum absolute atomic E-state index is 0.0204. The summed E-state index contributed by atoms with van der Waals surface area (Å²) in [5.41, 5.74) is 1.75. The molecule has 1 fully saturated rings. The quantitative estimate of drug-likeness (QED) is 0.886. The highest BCUT2D eigenvalue weighted by Crippen LogP contribution is 2.41. The maximum atomic E-state index is 13.7. The third-order valence-electron chi connectivity index (χ3n) is 3.53. The van der Waals surface area contributed by atoms with Crippen molar-refractivity contribution < 1.29 is 13.9 Å². The van der Waals surface area contributed by atoms with E-state index >= 15 is 0 Å². The molecule has 3 heteroatoms. The average molecular weight is 260 g/mol. The predicted octanol–water partition coefficient (Wildman–Crippen LogP) is 3.92. The van der Waals surface area contributed by atoms with Crippen molar-refractivity contribution in [3.05, 3.63) is 70.8 Å². The lowest BCUT2D eigenvalue weighted by atomic mass is 9.98. The lowest BCUT2D eigenvalue weighted by molar-refractivity contribution is 0.214. The summed E-state index contributed by atoms with van der Waals surface area (Å²) in [5.74, 6) is -0.580. The fourth-order valence-electron chi connectivity index (χ4n) is 2.30. The second kappa shape index (κ2) is 4.74. The van der Waals surface area contributed by atoms with Gasteiger partial charge in [0, 0.05) is 5.56 Å². The van der Waals surface area contributed by atoms with E-state index in [0.29, 0.717) is 11.5 Å². The molecule has 1 aliphatic carbocycles. The number of benzene rings is 2. The Labute approximate surface area is 110 Å². The van der Waals surface area contributed by atoms with Crippen LogP contribution in [-0.4, -0.2) is 5.11 Å². The summed E-state index contributed by atoms with van der Waals surface area (Å²) in [6.45, 7) is 0. The zero-order chi connectivity index (χ0) is 13.4. The maximum Gasteiger partial charge on any atom is 0.129 e. The Kier molecular flexibility index (Phi) is 3.07. The van der Waals surface area contributed by atoms with Gasteiger partial charge in [-0.25, -0.2) is 8.78 Å². The molecular formula is C16H14F2O. The summed E-state index contributed by atoms with van der Waals surface area (Å²) in [4.78, 5) is 0. The second-order valence-electron chi connectivity index (χ2n) is 5.01. The molecular weight excluding hydrogens is 246 g/mol. The molecule has 2 aromatic rings. The molecule has 98 valence electrons. The van der Waals surface area contributed by atoms with Gasteiger partial charge in [0.15, 0.2) is 0 Å². The first-order valence-corrected chi connectivity index (χ1v) is 6.38. The summed E-state index contributed by atoms with van der Waals surface area (Å²) in [7, 11) is 0. The van der Waals surface area contributed by atoms with Crippen LogP contribution in [0.15, 0.2) is 42.5 Å². The Balaban J connectivity index is 1.96. The molecule has 1 unspecified atom stereocenters. The molecule has 0 heterocycles. The number of aliphatic hydroxyl groups is 1. The standard InChI is InChI=1S/C16H14F2O/c17-13-6-7-15(18)14(9-13)16(19)12-3-1-2-11(8-12)10-4-5-10/h1-3,6-10,16,19H,4-5H2. The van der Waals surface area contributed by atoms with E-state index in [0.717, 1.165) is 36.6 Å². The monoisotopic (exact) mass is 260 g/mol. The molecule has 1 atom stereocenters. The van der Waals surface area contributed by atoms with E-state index in [1.54, 1.807) is 6.07 Å². The molecule has 0 amide bonds. The number of halogens is 2. The number of rotatable bonds is 3. The van der Waals surface area contributed by atoms with Crippen LogP contribution < -0.4 is 0 Å². The van der Waals surface area contributed by atoms with Gasteiger partial charge in [-0.3, -0.25) is 0 Å². The lowest BCUT2D eigenvalue weighted by Gasteiger charge is -2.13. The molecule has 1 aliphatic rings. The molecule has 1 N–H and O–H groups in total. The number of hydrogen-bond acceptors (Lipinski definition) is 1. The minimum atomic E-state index is -1.13. The van der Waals surface area contributed by atoms with Crippen LogP contribution >= 0.6 is 0 Å². The zero-order valence-electron chi connectivity index (χ0n) is 10.3. The normalized spacial score (nSPS) is 16.4. The first kappa shape index (κ1) is 12.3. The van der Waals surface area contributed by atoms with Crippen molar-refractivity contribution in [2.24, 2.45) is 0 Å². The van der Waals surface area contributed by atoms with Gasteiger partial charge in [-0.05, 0) is 48.1 Å². The first-order chi connectivity index (χ1) is 9.15. The Bertz CT molecular complexity index is 605. The molecule has 0 saturated heterocycles. The number of aliphatic hydroxyl groups excluding tert-OH is 1. The summed E-state index contributed by atoms with van der Waals surface area (Å²) in [6.07, 6.45) is 1.19. The lowest BCUT2D eigenvalue weighted by Crippen LogP contribution is -2.03. The Morgan fingerprint density at radius 1 is 1.05 bits per heavy atom. The highest BCUT2D eigenvalue weighted by Gasteiger charge is 2.24. The summed E-state index contributed by atoms with van der Waals surface area (Å²) < 4.78 is 26.8. The molecule has 2 aromatic carbocycles. The van der Waals surface area contributed by atoms with Crippen molar-refractivity contribution in [1.29, 1.82) is 0 Å². The van der Waals surface area contributed by atoms with Crippen molar-refractivity contribution in [2.75, 3.05) is 0 Å². The third-order valence-corrected chi connectivity index (χ3v) is 3.53. The maximum absolute atomic E-state index is 13.7. The van der Waals surface area contributed by atoms with Crippen LogP contribution in [0.2, 0.25) is 0 Å². The van der Waals surface area contributed by atoms with Gasteiger partial charge in [-0.1, -0.05) is 24.3 Å². The van der Waals surface area contributed by atoms with Crippen LogP contribution in [0.3, 0.4) is 0 Å². The molecule has 19 heavy (non-hydrogen) atoms. The highest BCUT2D eigenvalue weighted by molar-refractivity contribution is 5.35. The SMILES string of the molecule is OC(c1cccc(C2CC2)c1)c1cc(F)ccc1F. The van der Waals surface area contributed by atoms with Gasteiger partial charge in [0.25, 0.3) is 0 Å². The van der Waals surface area contributed by atoms with Gasteiger partial charge in [0.05, 0.1) is 0 Å². The Morgan fingerprint density at radius 3 is 2.58 bits per heavy atom. The summed E-state index contributed by atoms with van der Waals surface area (Å²) in [6, 6.07) is 10.6. The minimum Gasteiger partial charge on any atom is -0.384 e. The summed E-state index contributed by atoms with van der Waals surface area (Å²) >= 11 is 0. The van der Waals surface area contributed by atoms with E-state index in [2.05, 4.69) is 0 Å². The van der Waals surface area contributed by atoms with E-state index in [4.69, 9.17) is 0 Å². The van der Waals surface area contributed by atoms with E-state index in [1.807, 2.05) is 18.2 Å². The highest BCUT2D eigenvalue weighted by atomic mass is 19.1. The van der Waals surface area contributed by atoms with Crippen LogP contribution in [0.1, 0.15) is 41.6 Å². The van der Waals surface area contributed by atoms with Gasteiger partial charge in [0.1, 0.15) is 17.7 Å². The molecule has 0 aromatic heterocycles. The van der Waals surface area contributed by atoms with Crippen molar-refractivity contribution in [2.45, 2.75) is 24.9 Å². The number of hydrogen-bond donors (Lipinski definition) is 1. The topological polar surface area (TPSA) is 20.2 Å². The fraction of sp³-hybridized carbons (Fsp3) is 0.250. The second-order valence-corrected chi connectivity index (χ2v) is 5.01. The van der Waals surface area contributed by atoms with Crippen LogP contribution in [-0.2, 0) is 0 Å². The molecule has 0 radical (unpaired) electrons. The van der Waals surface area contributed by atoms with E-state index < -0.39 is 17.7 Å². The van der Waals surface area contributed by atoms with Crippen LogP contribution in [0, 0.1) is 11.6 Å². The summed E-state index contributed by atoms with van der Waals surface area (Å²) in [5, 5.41) is 10.2. The molecule has 1 saturated carbocycles. The van der Waals surface area contributed by atoms with Crippen LogP contribution in [0.4, 0.5) is 8.78 Å². The zero-order valence-corrected chi connectivity index (χ0v) is 10.3.